The zero-order valence-electron chi connectivity index (χ0n) is 16.8. The monoisotopic (exact) mass is 424 g/mol. The molecule has 10 heteroatoms. The first kappa shape index (κ1) is 20.3. The maximum absolute atomic E-state index is 12.8. The molecule has 0 atom stereocenters. The average Bonchev–Trinajstić information content (AvgIpc) is 3.04. The van der Waals surface area contributed by atoms with Crippen molar-refractivity contribution in [1.29, 1.82) is 0 Å². The lowest BCUT2D eigenvalue weighted by Crippen LogP contribution is -2.51. The van der Waals surface area contributed by atoms with Crippen LogP contribution in [0, 0.1) is 10.1 Å². The molecule has 0 saturated carbocycles. The third kappa shape index (κ3) is 3.67. The molecule has 0 bridgehead atoms. The summed E-state index contributed by atoms with van der Waals surface area (Å²) in [5.41, 5.74) is 0.283. The molecule has 0 spiro atoms. The lowest BCUT2D eigenvalue weighted by Gasteiger charge is -2.36. The number of fused-ring (bicyclic) bond motifs is 1. The van der Waals surface area contributed by atoms with Crippen LogP contribution in [0.4, 0.5) is 11.4 Å². The molecule has 0 N–H and O–H groups in total. The molecule has 160 valence electrons. The van der Waals surface area contributed by atoms with Gasteiger partial charge in [0.25, 0.3) is 17.5 Å². The van der Waals surface area contributed by atoms with Gasteiger partial charge in [0.15, 0.2) is 0 Å². The van der Waals surface area contributed by atoms with Crippen LogP contribution >= 0.6 is 0 Å². The summed E-state index contributed by atoms with van der Waals surface area (Å²) in [6, 6.07) is 11.5. The number of anilines is 1. The highest BCUT2D eigenvalue weighted by Gasteiger charge is 2.42. The van der Waals surface area contributed by atoms with Crippen LogP contribution in [-0.2, 0) is 4.79 Å². The number of carbonyl (C=O) groups excluding carboxylic acids is 3. The van der Waals surface area contributed by atoms with E-state index in [0.29, 0.717) is 26.2 Å². The number of hydrogen-bond acceptors (Lipinski definition) is 7. The maximum Gasteiger partial charge on any atom is 0.282 e. The largest absolute Gasteiger partial charge is 0.497 e. The Balaban J connectivity index is 1.40. The van der Waals surface area contributed by atoms with E-state index in [9.17, 15) is 24.5 Å². The van der Waals surface area contributed by atoms with Crippen LogP contribution in [0.25, 0.3) is 0 Å². The van der Waals surface area contributed by atoms with E-state index in [1.165, 1.54) is 18.2 Å². The van der Waals surface area contributed by atoms with E-state index in [1.54, 1.807) is 12.0 Å². The van der Waals surface area contributed by atoms with E-state index in [2.05, 4.69) is 4.90 Å². The summed E-state index contributed by atoms with van der Waals surface area (Å²) >= 11 is 0. The van der Waals surface area contributed by atoms with Gasteiger partial charge in [-0.25, -0.2) is 0 Å². The highest BCUT2D eigenvalue weighted by atomic mass is 16.6. The summed E-state index contributed by atoms with van der Waals surface area (Å²) < 4.78 is 5.16. The van der Waals surface area contributed by atoms with Gasteiger partial charge in [-0.2, -0.15) is 0 Å². The Bertz CT molecular complexity index is 1060. The van der Waals surface area contributed by atoms with Crippen molar-refractivity contribution in [2.24, 2.45) is 0 Å². The Morgan fingerprint density at radius 2 is 1.71 bits per heavy atom. The molecule has 2 aromatic carbocycles. The number of benzene rings is 2. The molecule has 2 aromatic rings. The van der Waals surface area contributed by atoms with Crippen LogP contribution in [0.1, 0.15) is 20.7 Å². The van der Waals surface area contributed by atoms with Crippen molar-refractivity contribution in [3.63, 3.8) is 0 Å². The summed E-state index contributed by atoms with van der Waals surface area (Å²) in [7, 11) is 1.60. The minimum atomic E-state index is -0.808. The third-order valence-electron chi connectivity index (χ3n) is 5.54. The van der Waals surface area contributed by atoms with Gasteiger partial charge in [0.2, 0.25) is 5.91 Å². The second-order valence-corrected chi connectivity index (χ2v) is 7.22. The van der Waals surface area contributed by atoms with Crippen LogP contribution < -0.4 is 9.64 Å². The van der Waals surface area contributed by atoms with Crippen molar-refractivity contribution in [2.75, 3.05) is 44.7 Å². The predicted molar refractivity (Wildman–Crippen MR) is 110 cm³/mol. The fraction of sp³-hybridized carbons (Fsp3) is 0.286. The quantitative estimate of drug-likeness (QED) is 0.406. The summed E-state index contributed by atoms with van der Waals surface area (Å²) in [4.78, 5) is 53.0. The Labute approximate surface area is 177 Å². The number of methoxy groups -OCH3 is 1. The standard InChI is InChI=1S/C21H20N4O6/c1-31-15-7-5-14(6-8-15)22-9-11-23(12-10-22)18(26)13-24-20(27)16-3-2-4-17(25(29)30)19(16)21(24)28/h2-8H,9-13H2,1H3. The molecule has 0 radical (unpaired) electrons. The van der Waals surface area contributed by atoms with Crippen molar-refractivity contribution in [2.45, 2.75) is 0 Å². The van der Waals surface area contributed by atoms with Gasteiger partial charge in [-0.15, -0.1) is 0 Å². The zero-order valence-corrected chi connectivity index (χ0v) is 16.8. The van der Waals surface area contributed by atoms with Gasteiger partial charge in [-0.1, -0.05) is 6.07 Å². The fourth-order valence-electron chi connectivity index (χ4n) is 3.85. The van der Waals surface area contributed by atoms with E-state index < -0.39 is 29.0 Å². The number of nitro groups is 1. The van der Waals surface area contributed by atoms with Crippen molar-refractivity contribution in [1.82, 2.24) is 9.80 Å². The van der Waals surface area contributed by atoms with Crippen LogP contribution in [-0.4, -0.2) is 72.3 Å². The number of nitrogens with zero attached hydrogens (tertiary/aromatic N) is 4. The molecule has 0 aliphatic carbocycles. The van der Waals surface area contributed by atoms with Gasteiger partial charge < -0.3 is 14.5 Å². The lowest BCUT2D eigenvalue weighted by atomic mass is 10.1. The molecule has 2 aliphatic heterocycles. The van der Waals surface area contributed by atoms with E-state index in [-0.39, 0.29) is 17.0 Å². The molecule has 2 heterocycles. The summed E-state index contributed by atoms with van der Waals surface area (Å²) in [5, 5.41) is 11.2. The van der Waals surface area contributed by atoms with Crippen LogP contribution in [0.2, 0.25) is 0 Å². The maximum atomic E-state index is 12.8. The van der Waals surface area contributed by atoms with Crippen molar-refractivity contribution in [3.05, 3.63) is 63.7 Å². The summed E-state index contributed by atoms with van der Waals surface area (Å²) in [5.74, 6) is -1.10. The number of hydrogen-bond donors (Lipinski definition) is 0. The second kappa shape index (κ2) is 8.05. The van der Waals surface area contributed by atoms with Gasteiger partial charge in [0.1, 0.15) is 17.9 Å². The van der Waals surface area contributed by atoms with Crippen LogP contribution in [0.3, 0.4) is 0 Å². The number of ether oxygens (including phenoxy) is 1. The number of imide groups is 1. The Hall–Kier alpha value is -3.95. The number of carbonyl (C=O) groups is 3. The van der Waals surface area contributed by atoms with Gasteiger partial charge in [-0.05, 0) is 30.3 Å². The first-order chi connectivity index (χ1) is 14.9. The van der Waals surface area contributed by atoms with E-state index in [1.807, 2.05) is 24.3 Å². The van der Waals surface area contributed by atoms with E-state index >= 15 is 0 Å². The van der Waals surface area contributed by atoms with Crippen molar-refractivity contribution >= 4 is 29.1 Å². The fourth-order valence-corrected chi connectivity index (χ4v) is 3.85. The molecule has 10 nitrogen and oxygen atoms in total. The molecule has 0 unspecified atom stereocenters. The highest BCUT2D eigenvalue weighted by molar-refractivity contribution is 6.24. The van der Waals surface area contributed by atoms with Crippen molar-refractivity contribution in [3.8, 4) is 5.75 Å². The van der Waals surface area contributed by atoms with Crippen LogP contribution in [0.15, 0.2) is 42.5 Å². The van der Waals surface area contributed by atoms with Gasteiger partial charge >= 0.3 is 0 Å². The van der Waals surface area contributed by atoms with E-state index in [4.69, 9.17) is 4.74 Å². The SMILES string of the molecule is COc1ccc(N2CCN(C(=O)CN3C(=O)c4cccc([N+](=O)[O-])c4C3=O)CC2)cc1. The molecule has 3 amide bonds. The summed E-state index contributed by atoms with van der Waals surface area (Å²) in [6.07, 6.45) is 0. The Morgan fingerprint density at radius 1 is 1.03 bits per heavy atom. The van der Waals surface area contributed by atoms with E-state index in [0.717, 1.165) is 16.3 Å². The first-order valence-corrected chi connectivity index (χ1v) is 9.71. The topological polar surface area (TPSA) is 113 Å². The molecule has 1 fully saturated rings. The minimum absolute atomic E-state index is 0.0451. The number of amides is 3. The first-order valence-electron chi connectivity index (χ1n) is 9.71. The molecule has 1 saturated heterocycles. The van der Waals surface area contributed by atoms with Crippen molar-refractivity contribution < 1.29 is 24.0 Å². The normalized spacial score (nSPS) is 15.8. The second-order valence-electron chi connectivity index (χ2n) is 7.22. The smallest absolute Gasteiger partial charge is 0.282 e. The molecule has 31 heavy (non-hydrogen) atoms. The highest BCUT2D eigenvalue weighted by Crippen LogP contribution is 2.30. The number of nitro benzene ring substituents is 1. The molecule has 2 aliphatic rings. The molecule has 4 rings (SSSR count). The molecular formula is C21H20N4O6. The lowest BCUT2D eigenvalue weighted by molar-refractivity contribution is -0.385. The minimum Gasteiger partial charge on any atom is -0.497 e. The Kier molecular flexibility index (Phi) is 5.28. The molecule has 0 aromatic heterocycles. The van der Waals surface area contributed by atoms with Gasteiger partial charge in [0.05, 0.1) is 17.6 Å². The predicted octanol–water partition coefficient (Wildman–Crippen LogP) is 1.55. The third-order valence-corrected chi connectivity index (χ3v) is 5.54. The average molecular weight is 424 g/mol. The van der Waals surface area contributed by atoms with Gasteiger partial charge in [0, 0.05) is 37.9 Å². The number of rotatable bonds is 5. The summed E-state index contributed by atoms with van der Waals surface area (Å²) in [6.45, 7) is 1.64. The van der Waals surface area contributed by atoms with Crippen LogP contribution in [0.5, 0.6) is 5.75 Å². The molecular weight excluding hydrogens is 404 g/mol. The number of piperazine rings is 1. The zero-order chi connectivity index (χ0) is 22.1. The van der Waals surface area contributed by atoms with Gasteiger partial charge in [-0.3, -0.25) is 29.4 Å². The Morgan fingerprint density at radius 3 is 2.32 bits per heavy atom.